The Morgan fingerprint density at radius 1 is 1.24 bits per heavy atom. The molecular formula is C17H21NO3. The number of carbonyl (C=O) groups is 2. The van der Waals surface area contributed by atoms with Crippen molar-refractivity contribution in [2.45, 2.75) is 40.2 Å². The topological polar surface area (TPSA) is 46.6 Å². The van der Waals surface area contributed by atoms with E-state index in [-0.39, 0.29) is 18.5 Å². The third-order valence-electron chi connectivity index (χ3n) is 3.59. The Balaban J connectivity index is 2.55. The smallest absolute Gasteiger partial charge is 0.302 e. The van der Waals surface area contributed by atoms with Crippen LogP contribution in [0.25, 0.3) is 5.57 Å². The molecule has 4 heteroatoms. The third kappa shape index (κ3) is 2.99. The molecule has 0 fully saturated rings. The van der Waals surface area contributed by atoms with Crippen LogP contribution in [0, 0.1) is 6.92 Å². The molecule has 0 aromatic heterocycles. The molecule has 2 rings (SSSR count). The van der Waals surface area contributed by atoms with E-state index >= 15 is 0 Å². The fourth-order valence-electron chi connectivity index (χ4n) is 2.85. The number of ether oxygens (including phenoxy) is 1. The average Bonchev–Trinajstić information content (AvgIpc) is 2.33. The molecule has 0 spiro atoms. The van der Waals surface area contributed by atoms with Crippen molar-refractivity contribution in [1.82, 2.24) is 0 Å². The highest BCUT2D eigenvalue weighted by molar-refractivity contribution is 5.99. The molecule has 4 nitrogen and oxygen atoms in total. The van der Waals surface area contributed by atoms with Crippen molar-refractivity contribution in [3.63, 3.8) is 0 Å². The maximum Gasteiger partial charge on any atom is 0.302 e. The Morgan fingerprint density at radius 2 is 1.90 bits per heavy atom. The highest BCUT2D eigenvalue weighted by Gasteiger charge is 2.35. The van der Waals surface area contributed by atoms with Gasteiger partial charge in [0.05, 0.1) is 11.2 Å². The predicted molar refractivity (Wildman–Crippen MR) is 83.0 cm³/mol. The molecule has 21 heavy (non-hydrogen) atoms. The number of esters is 1. The lowest BCUT2D eigenvalue weighted by molar-refractivity contribution is -0.139. The second-order valence-corrected chi connectivity index (χ2v) is 5.98. The molecule has 0 bridgehead atoms. The number of nitrogens with zero attached hydrogens (tertiary/aromatic N) is 1. The number of rotatable bonds is 2. The summed E-state index contributed by atoms with van der Waals surface area (Å²) >= 11 is 0. The van der Waals surface area contributed by atoms with Gasteiger partial charge in [-0.2, -0.15) is 0 Å². The van der Waals surface area contributed by atoms with Crippen LogP contribution < -0.4 is 4.90 Å². The molecule has 0 atom stereocenters. The van der Waals surface area contributed by atoms with Gasteiger partial charge in [-0.3, -0.25) is 9.59 Å². The second-order valence-electron chi connectivity index (χ2n) is 5.98. The number of amides is 1. The van der Waals surface area contributed by atoms with Gasteiger partial charge in [0.25, 0.3) is 0 Å². The largest absolute Gasteiger partial charge is 0.461 e. The zero-order valence-electron chi connectivity index (χ0n) is 13.2. The quantitative estimate of drug-likeness (QED) is 0.785. The van der Waals surface area contributed by atoms with Crippen LogP contribution >= 0.6 is 0 Å². The minimum Gasteiger partial charge on any atom is -0.461 e. The Morgan fingerprint density at radius 3 is 2.48 bits per heavy atom. The Bertz CT molecular complexity index is 629. The molecule has 1 aromatic rings. The van der Waals surface area contributed by atoms with E-state index in [9.17, 15) is 9.59 Å². The first-order chi connectivity index (χ1) is 9.72. The summed E-state index contributed by atoms with van der Waals surface area (Å²) < 4.78 is 5.15. The first kappa shape index (κ1) is 15.3. The molecule has 0 aliphatic carbocycles. The lowest BCUT2D eigenvalue weighted by atomic mass is 9.87. The van der Waals surface area contributed by atoms with Gasteiger partial charge in [0, 0.05) is 19.4 Å². The SMILES string of the molecule is CC(=O)OCC1=CC(C)(C)N(C(C)=O)c2cc(C)ccc21. The van der Waals surface area contributed by atoms with Crippen LogP contribution in [0.15, 0.2) is 24.3 Å². The monoisotopic (exact) mass is 287 g/mol. The first-order valence-electron chi connectivity index (χ1n) is 6.99. The van der Waals surface area contributed by atoms with Crippen molar-refractivity contribution in [2.75, 3.05) is 11.5 Å². The summed E-state index contributed by atoms with van der Waals surface area (Å²) in [6.07, 6.45) is 2.00. The number of hydrogen-bond donors (Lipinski definition) is 0. The van der Waals surface area contributed by atoms with Crippen LogP contribution in [0.5, 0.6) is 0 Å². The number of carbonyl (C=O) groups excluding carboxylic acids is 2. The standard InChI is InChI=1S/C17H21NO3/c1-11-6-7-15-14(10-21-13(3)20)9-17(4,5)18(12(2)19)16(15)8-11/h6-9H,10H2,1-5H3. The van der Waals surface area contributed by atoms with Crippen LogP contribution in [0.1, 0.15) is 38.8 Å². The molecule has 1 aliphatic heterocycles. The lowest BCUT2D eigenvalue weighted by Crippen LogP contribution is -2.48. The first-order valence-corrected chi connectivity index (χ1v) is 6.99. The van der Waals surface area contributed by atoms with Crippen molar-refractivity contribution >= 4 is 23.1 Å². The Kier molecular flexibility index (Phi) is 3.90. The zero-order valence-corrected chi connectivity index (χ0v) is 13.2. The number of benzene rings is 1. The highest BCUT2D eigenvalue weighted by Crippen LogP contribution is 2.39. The number of aryl methyl sites for hydroxylation is 1. The van der Waals surface area contributed by atoms with E-state index in [1.807, 2.05) is 45.0 Å². The Labute approximate surface area is 125 Å². The van der Waals surface area contributed by atoms with E-state index in [1.54, 1.807) is 11.8 Å². The number of fused-ring (bicyclic) bond motifs is 1. The average molecular weight is 287 g/mol. The molecule has 0 unspecified atom stereocenters. The number of anilines is 1. The fraction of sp³-hybridized carbons (Fsp3) is 0.412. The minimum absolute atomic E-state index is 0.00497. The van der Waals surface area contributed by atoms with Crippen LogP contribution in [-0.4, -0.2) is 24.0 Å². The van der Waals surface area contributed by atoms with Gasteiger partial charge >= 0.3 is 5.97 Å². The van der Waals surface area contributed by atoms with Gasteiger partial charge in [0.15, 0.2) is 0 Å². The van der Waals surface area contributed by atoms with Gasteiger partial charge in [-0.25, -0.2) is 0 Å². The van der Waals surface area contributed by atoms with Crippen molar-refractivity contribution in [3.8, 4) is 0 Å². The Hall–Kier alpha value is -2.10. The van der Waals surface area contributed by atoms with E-state index < -0.39 is 5.54 Å². The number of hydrogen-bond acceptors (Lipinski definition) is 3. The molecule has 0 N–H and O–H groups in total. The maximum atomic E-state index is 12.1. The zero-order chi connectivity index (χ0) is 15.8. The molecule has 1 aromatic carbocycles. The van der Waals surface area contributed by atoms with Gasteiger partial charge in [-0.1, -0.05) is 18.2 Å². The fourth-order valence-corrected chi connectivity index (χ4v) is 2.85. The predicted octanol–water partition coefficient (Wildman–Crippen LogP) is 3.09. The molecule has 1 aliphatic rings. The maximum absolute atomic E-state index is 12.1. The normalized spacial score (nSPS) is 16.0. The molecule has 1 heterocycles. The van der Waals surface area contributed by atoms with Crippen molar-refractivity contribution < 1.29 is 14.3 Å². The van der Waals surface area contributed by atoms with E-state index in [0.717, 1.165) is 22.4 Å². The second kappa shape index (κ2) is 5.35. The van der Waals surface area contributed by atoms with Crippen molar-refractivity contribution in [1.29, 1.82) is 0 Å². The molecule has 0 saturated carbocycles. The lowest BCUT2D eigenvalue weighted by Gasteiger charge is -2.41. The molecule has 0 radical (unpaired) electrons. The van der Waals surface area contributed by atoms with Crippen molar-refractivity contribution in [3.05, 3.63) is 35.4 Å². The summed E-state index contributed by atoms with van der Waals surface area (Å²) in [4.78, 5) is 24.9. The van der Waals surface area contributed by atoms with Crippen molar-refractivity contribution in [2.24, 2.45) is 0 Å². The molecule has 1 amide bonds. The summed E-state index contributed by atoms with van der Waals surface area (Å²) in [6, 6.07) is 5.97. The van der Waals surface area contributed by atoms with Gasteiger partial charge in [0.2, 0.25) is 5.91 Å². The van der Waals surface area contributed by atoms with Crippen LogP contribution in [-0.2, 0) is 14.3 Å². The van der Waals surface area contributed by atoms with E-state index in [4.69, 9.17) is 4.74 Å². The summed E-state index contributed by atoms with van der Waals surface area (Å²) in [5.74, 6) is -0.314. The summed E-state index contributed by atoms with van der Waals surface area (Å²) in [5.41, 5.74) is 3.38. The van der Waals surface area contributed by atoms with Crippen LogP contribution in [0.3, 0.4) is 0 Å². The molecule has 112 valence electrons. The van der Waals surface area contributed by atoms with Crippen LogP contribution in [0.2, 0.25) is 0 Å². The highest BCUT2D eigenvalue weighted by atomic mass is 16.5. The van der Waals surface area contributed by atoms with Crippen LogP contribution in [0.4, 0.5) is 5.69 Å². The van der Waals surface area contributed by atoms with E-state index in [1.165, 1.54) is 6.92 Å². The third-order valence-corrected chi connectivity index (χ3v) is 3.59. The van der Waals surface area contributed by atoms with E-state index in [2.05, 4.69) is 0 Å². The minimum atomic E-state index is -0.456. The van der Waals surface area contributed by atoms with E-state index in [0.29, 0.717) is 0 Å². The summed E-state index contributed by atoms with van der Waals surface area (Å²) in [7, 11) is 0. The van der Waals surface area contributed by atoms with Gasteiger partial charge in [-0.05, 0) is 38.0 Å². The van der Waals surface area contributed by atoms with Gasteiger partial charge in [0.1, 0.15) is 6.61 Å². The molecule has 0 saturated heterocycles. The summed E-state index contributed by atoms with van der Waals surface area (Å²) in [5, 5.41) is 0. The summed E-state index contributed by atoms with van der Waals surface area (Å²) in [6.45, 7) is 9.14. The molecular weight excluding hydrogens is 266 g/mol. The van der Waals surface area contributed by atoms with Gasteiger partial charge in [-0.15, -0.1) is 0 Å². The van der Waals surface area contributed by atoms with Gasteiger partial charge < -0.3 is 9.64 Å².